The minimum absolute atomic E-state index is 0.110. The monoisotopic (exact) mass is 145 g/mol. The lowest BCUT2D eigenvalue weighted by Gasteiger charge is -2.17. The van der Waals surface area contributed by atoms with Crippen LogP contribution in [0.15, 0.2) is 0 Å². The van der Waals surface area contributed by atoms with Gasteiger partial charge in [0, 0.05) is 13.1 Å². The molecule has 1 heterocycles. The summed E-state index contributed by atoms with van der Waals surface area (Å²) in [6, 6.07) is -0.110. The molecule has 1 aliphatic rings. The van der Waals surface area contributed by atoms with Gasteiger partial charge in [-0.05, 0) is 13.3 Å². The normalized spacial score (nSPS) is 30.4. The Hall–Kier alpha value is -0.440. The summed E-state index contributed by atoms with van der Waals surface area (Å²) in [5.74, 6) is 0. The Balaban J connectivity index is 2.36. The van der Waals surface area contributed by atoms with Gasteiger partial charge >= 0.3 is 0 Å². The number of alkyl halides is 1. The predicted molar refractivity (Wildman–Crippen MR) is 36.6 cm³/mol. The van der Waals surface area contributed by atoms with Crippen LogP contribution in [0.3, 0.4) is 0 Å². The van der Waals surface area contributed by atoms with Crippen molar-refractivity contribution < 1.29 is 9.18 Å². The topological polar surface area (TPSA) is 20.3 Å². The molecule has 0 aromatic heterocycles. The Morgan fingerprint density at radius 1 is 1.80 bits per heavy atom. The van der Waals surface area contributed by atoms with E-state index in [4.69, 9.17) is 0 Å². The highest BCUT2D eigenvalue weighted by atomic mass is 19.1. The van der Waals surface area contributed by atoms with Crippen molar-refractivity contribution in [2.45, 2.75) is 25.6 Å². The van der Waals surface area contributed by atoms with Gasteiger partial charge in [0.1, 0.15) is 12.5 Å². The molecule has 3 heteroatoms. The summed E-state index contributed by atoms with van der Waals surface area (Å²) in [5, 5.41) is 0. The van der Waals surface area contributed by atoms with Crippen molar-refractivity contribution >= 4 is 6.29 Å². The van der Waals surface area contributed by atoms with Gasteiger partial charge in [0.2, 0.25) is 0 Å². The van der Waals surface area contributed by atoms with Gasteiger partial charge in [-0.1, -0.05) is 0 Å². The third-order valence-corrected chi connectivity index (χ3v) is 1.94. The van der Waals surface area contributed by atoms with Crippen molar-refractivity contribution in [2.75, 3.05) is 13.1 Å². The molecule has 0 N–H and O–H groups in total. The number of carbonyl (C=O) groups is 1. The van der Waals surface area contributed by atoms with E-state index < -0.39 is 6.17 Å². The third-order valence-electron chi connectivity index (χ3n) is 1.94. The maximum absolute atomic E-state index is 12.5. The molecule has 2 unspecified atom stereocenters. The smallest absolute Gasteiger partial charge is 0.136 e. The van der Waals surface area contributed by atoms with Crippen LogP contribution in [-0.2, 0) is 4.79 Å². The molecule has 0 spiro atoms. The van der Waals surface area contributed by atoms with Crippen molar-refractivity contribution in [3.05, 3.63) is 0 Å². The molecule has 2 atom stereocenters. The Morgan fingerprint density at radius 3 is 2.90 bits per heavy atom. The molecular weight excluding hydrogens is 133 g/mol. The number of likely N-dealkylation sites (tertiary alicyclic amines) is 1. The molecule has 1 fully saturated rings. The second kappa shape index (κ2) is 3.10. The largest absolute Gasteiger partial charge is 0.302 e. The summed E-state index contributed by atoms with van der Waals surface area (Å²) in [6.07, 6.45) is 0.721. The molecule has 1 saturated heterocycles. The van der Waals surface area contributed by atoms with Crippen LogP contribution in [-0.4, -0.2) is 36.5 Å². The third kappa shape index (κ3) is 1.53. The molecule has 1 rings (SSSR count). The summed E-state index contributed by atoms with van der Waals surface area (Å²) < 4.78 is 12.5. The highest BCUT2D eigenvalue weighted by Gasteiger charge is 2.24. The fraction of sp³-hybridized carbons (Fsp3) is 0.857. The van der Waals surface area contributed by atoms with Crippen molar-refractivity contribution in [3.8, 4) is 0 Å². The zero-order valence-corrected chi connectivity index (χ0v) is 6.09. The van der Waals surface area contributed by atoms with Gasteiger partial charge in [0.25, 0.3) is 0 Å². The van der Waals surface area contributed by atoms with E-state index in [0.717, 1.165) is 12.8 Å². The molecule has 58 valence electrons. The van der Waals surface area contributed by atoms with Crippen LogP contribution < -0.4 is 0 Å². The number of hydrogen-bond acceptors (Lipinski definition) is 2. The number of aldehydes is 1. The van der Waals surface area contributed by atoms with Gasteiger partial charge in [-0.15, -0.1) is 0 Å². The second-order valence-electron chi connectivity index (χ2n) is 2.76. The number of nitrogens with zero attached hydrogens (tertiary/aromatic N) is 1. The molecule has 10 heavy (non-hydrogen) atoms. The van der Waals surface area contributed by atoms with E-state index >= 15 is 0 Å². The molecule has 0 bridgehead atoms. The summed E-state index contributed by atoms with van der Waals surface area (Å²) in [4.78, 5) is 12.1. The number of halogens is 1. The zero-order chi connectivity index (χ0) is 7.56. The van der Waals surface area contributed by atoms with E-state index in [9.17, 15) is 9.18 Å². The van der Waals surface area contributed by atoms with Crippen LogP contribution in [0, 0.1) is 0 Å². The average molecular weight is 145 g/mol. The first-order valence-corrected chi connectivity index (χ1v) is 3.57. The Kier molecular flexibility index (Phi) is 2.38. The first-order valence-electron chi connectivity index (χ1n) is 3.57. The fourth-order valence-corrected chi connectivity index (χ4v) is 1.20. The first-order chi connectivity index (χ1) is 4.74. The Labute approximate surface area is 60.0 Å². The lowest BCUT2D eigenvalue weighted by Crippen LogP contribution is -2.32. The van der Waals surface area contributed by atoms with E-state index in [1.807, 2.05) is 4.90 Å². The van der Waals surface area contributed by atoms with Crippen molar-refractivity contribution in [2.24, 2.45) is 0 Å². The van der Waals surface area contributed by atoms with Gasteiger partial charge < -0.3 is 4.79 Å². The van der Waals surface area contributed by atoms with Crippen LogP contribution >= 0.6 is 0 Å². The Morgan fingerprint density at radius 2 is 2.50 bits per heavy atom. The standard InChI is InChI=1S/C7H12FNO/c1-6(5-10)9-3-2-7(8)4-9/h5-7H,2-4H2,1H3. The van der Waals surface area contributed by atoms with E-state index in [1.54, 1.807) is 6.92 Å². The summed E-state index contributed by atoms with van der Waals surface area (Å²) in [7, 11) is 0. The molecule has 0 aromatic carbocycles. The predicted octanol–water partition coefficient (Wildman–Crippen LogP) is 0.618. The summed E-state index contributed by atoms with van der Waals surface area (Å²) in [6.45, 7) is 2.95. The van der Waals surface area contributed by atoms with Gasteiger partial charge in [-0.25, -0.2) is 4.39 Å². The van der Waals surface area contributed by atoms with E-state index in [-0.39, 0.29) is 6.04 Å². The SMILES string of the molecule is CC(C=O)N1CCC(F)C1. The van der Waals surface area contributed by atoms with E-state index in [0.29, 0.717) is 13.0 Å². The fourth-order valence-electron chi connectivity index (χ4n) is 1.20. The van der Waals surface area contributed by atoms with Crippen LogP contribution in [0.2, 0.25) is 0 Å². The van der Waals surface area contributed by atoms with Gasteiger partial charge in [-0.2, -0.15) is 0 Å². The minimum atomic E-state index is -0.720. The maximum atomic E-state index is 12.5. The van der Waals surface area contributed by atoms with E-state index in [1.165, 1.54) is 0 Å². The van der Waals surface area contributed by atoms with Crippen LogP contribution in [0.4, 0.5) is 4.39 Å². The lowest BCUT2D eigenvalue weighted by molar-refractivity contribution is -0.111. The van der Waals surface area contributed by atoms with Crippen molar-refractivity contribution in [1.82, 2.24) is 4.90 Å². The van der Waals surface area contributed by atoms with E-state index in [2.05, 4.69) is 0 Å². The molecule has 0 radical (unpaired) electrons. The van der Waals surface area contributed by atoms with Crippen LogP contribution in [0.25, 0.3) is 0 Å². The minimum Gasteiger partial charge on any atom is -0.302 e. The molecule has 0 saturated carbocycles. The molecule has 1 aliphatic heterocycles. The number of rotatable bonds is 2. The molecule has 0 aromatic rings. The van der Waals surface area contributed by atoms with Gasteiger partial charge in [-0.3, -0.25) is 4.90 Å². The van der Waals surface area contributed by atoms with Gasteiger partial charge in [0.05, 0.1) is 6.04 Å². The summed E-state index contributed by atoms with van der Waals surface area (Å²) in [5.41, 5.74) is 0. The second-order valence-corrected chi connectivity index (χ2v) is 2.76. The zero-order valence-electron chi connectivity index (χ0n) is 6.09. The first kappa shape index (κ1) is 7.66. The van der Waals surface area contributed by atoms with Crippen molar-refractivity contribution in [1.29, 1.82) is 0 Å². The highest BCUT2D eigenvalue weighted by Crippen LogP contribution is 2.13. The van der Waals surface area contributed by atoms with Crippen LogP contribution in [0.5, 0.6) is 0 Å². The Bertz CT molecular complexity index is 129. The molecular formula is C7H12FNO. The lowest BCUT2D eigenvalue weighted by atomic mass is 10.3. The summed E-state index contributed by atoms with van der Waals surface area (Å²) >= 11 is 0. The average Bonchev–Trinajstić information content (AvgIpc) is 2.34. The van der Waals surface area contributed by atoms with Crippen molar-refractivity contribution in [3.63, 3.8) is 0 Å². The quantitative estimate of drug-likeness (QED) is 0.531. The molecule has 0 aliphatic carbocycles. The van der Waals surface area contributed by atoms with Crippen LogP contribution in [0.1, 0.15) is 13.3 Å². The molecule has 2 nitrogen and oxygen atoms in total. The maximum Gasteiger partial charge on any atom is 0.136 e. The van der Waals surface area contributed by atoms with Gasteiger partial charge in [0.15, 0.2) is 0 Å². The highest BCUT2D eigenvalue weighted by molar-refractivity contribution is 5.56. The molecule has 0 amide bonds. The number of hydrogen-bond donors (Lipinski definition) is 0. The number of carbonyl (C=O) groups excluding carboxylic acids is 1.